The van der Waals surface area contributed by atoms with Crippen molar-refractivity contribution in [2.24, 2.45) is 5.92 Å². The molecule has 2 fully saturated rings. The number of sulfonamides is 1. The molecule has 2 heterocycles. The minimum Gasteiger partial charge on any atom is -0.377 e. The largest absolute Gasteiger partial charge is 0.377 e. The van der Waals surface area contributed by atoms with Crippen molar-refractivity contribution in [3.8, 4) is 0 Å². The Hall–Kier alpha value is -1.11. The molecule has 0 amide bonds. The Kier molecular flexibility index (Phi) is 4.78. The van der Waals surface area contributed by atoms with Gasteiger partial charge >= 0.3 is 0 Å². The van der Waals surface area contributed by atoms with E-state index in [9.17, 15) is 8.42 Å². The third-order valence-electron chi connectivity index (χ3n) is 6.10. The zero-order chi connectivity index (χ0) is 18.5. The number of hydrogen-bond donors (Lipinski definition) is 0. The lowest BCUT2D eigenvalue weighted by Crippen LogP contribution is -2.49. The van der Waals surface area contributed by atoms with Crippen molar-refractivity contribution in [3.05, 3.63) is 29.3 Å². The highest BCUT2D eigenvalue weighted by molar-refractivity contribution is 7.92. The van der Waals surface area contributed by atoms with Crippen molar-refractivity contribution in [1.82, 2.24) is 4.90 Å². The van der Waals surface area contributed by atoms with Crippen molar-refractivity contribution in [2.75, 3.05) is 36.8 Å². The summed E-state index contributed by atoms with van der Waals surface area (Å²) in [6.45, 7) is 6.46. The van der Waals surface area contributed by atoms with Crippen LogP contribution in [0.1, 0.15) is 43.2 Å². The van der Waals surface area contributed by atoms with E-state index in [4.69, 9.17) is 4.74 Å². The quantitative estimate of drug-likeness (QED) is 0.764. The van der Waals surface area contributed by atoms with Crippen LogP contribution in [0.5, 0.6) is 0 Å². The van der Waals surface area contributed by atoms with E-state index >= 15 is 0 Å². The maximum Gasteiger partial charge on any atom is 0.238 e. The van der Waals surface area contributed by atoms with Gasteiger partial charge < -0.3 is 9.64 Å². The summed E-state index contributed by atoms with van der Waals surface area (Å²) in [7, 11) is -1.28. The van der Waals surface area contributed by atoms with Gasteiger partial charge in [-0.25, -0.2) is 8.42 Å². The summed E-state index contributed by atoms with van der Waals surface area (Å²) in [6, 6.07) is 6.27. The third-order valence-corrected chi connectivity index (χ3v) is 7.92. The van der Waals surface area contributed by atoms with Crippen molar-refractivity contribution in [3.63, 3.8) is 0 Å². The van der Waals surface area contributed by atoms with Crippen LogP contribution in [0.4, 0.5) is 5.69 Å². The number of piperidine rings is 1. The van der Waals surface area contributed by atoms with Crippen LogP contribution in [0.15, 0.2) is 18.2 Å². The summed E-state index contributed by atoms with van der Waals surface area (Å²) in [5.74, 6) is 0.792. The number of likely N-dealkylation sites (N-methyl/N-ethyl adjacent to an activating group) is 1. The van der Waals surface area contributed by atoms with Crippen molar-refractivity contribution in [1.29, 1.82) is 0 Å². The molecule has 1 aliphatic carbocycles. The van der Waals surface area contributed by atoms with E-state index in [0.717, 1.165) is 38.0 Å². The summed E-state index contributed by atoms with van der Waals surface area (Å²) in [5.41, 5.74) is 3.29. The number of likely N-dealkylation sites (tertiary alicyclic amines) is 1. The van der Waals surface area contributed by atoms with Crippen LogP contribution >= 0.6 is 0 Å². The first-order valence-corrected chi connectivity index (χ1v) is 11.4. The molecule has 4 rings (SSSR count). The van der Waals surface area contributed by atoms with Gasteiger partial charge in [0.2, 0.25) is 10.0 Å². The second-order valence-electron chi connectivity index (χ2n) is 8.19. The Balaban J connectivity index is 1.68. The van der Waals surface area contributed by atoms with Gasteiger partial charge in [-0.1, -0.05) is 17.7 Å². The van der Waals surface area contributed by atoms with E-state index in [1.165, 1.54) is 11.1 Å². The number of ether oxygens (including phenoxy) is 1. The highest BCUT2D eigenvalue weighted by Gasteiger charge is 2.47. The third kappa shape index (κ3) is 3.27. The molecule has 6 heteroatoms. The molecular weight excluding hydrogens is 348 g/mol. The van der Waals surface area contributed by atoms with E-state index in [0.29, 0.717) is 12.5 Å². The molecule has 1 aromatic rings. The molecule has 3 atom stereocenters. The minimum atomic E-state index is -3.41. The lowest BCUT2D eigenvalue weighted by Gasteiger charge is -2.37. The molecule has 144 valence electrons. The molecule has 0 aromatic heterocycles. The Morgan fingerprint density at radius 1 is 1.27 bits per heavy atom. The Morgan fingerprint density at radius 2 is 2.04 bits per heavy atom. The molecule has 0 radical (unpaired) electrons. The fourth-order valence-electron chi connectivity index (χ4n) is 4.69. The first-order chi connectivity index (χ1) is 12.4. The number of fused-ring (bicyclic) bond motifs is 3. The smallest absolute Gasteiger partial charge is 0.238 e. The standard InChI is InChI=1S/C20H30N2O3S/c1-4-25-20(15-6-7-15)13-26(23,24)22-18-8-5-14(2)11-16(18)17-12-21(3)10-9-19(17)22/h5,8,11,15,17,19-20H,4,6-7,9-10,12-13H2,1-3H3/t17-,19+,20?/m0/s1. The van der Waals surface area contributed by atoms with E-state index in [-0.39, 0.29) is 23.8 Å². The highest BCUT2D eigenvalue weighted by atomic mass is 32.2. The van der Waals surface area contributed by atoms with Crippen LogP contribution in [-0.4, -0.2) is 58.0 Å². The number of hydrogen-bond acceptors (Lipinski definition) is 4. The Labute approximate surface area is 157 Å². The molecule has 0 spiro atoms. The predicted octanol–water partition coefficient (Wildman–Crippen LogP) is 2.75. The molecule has 1 aromatic carbocycles. The zero-order valence-electron chi connectivity index (χ0n) is 16.0. The van der Waals surface area contributed by atoms with Crippen LogP contribution in [-0.2, 0) is 14.8 Å². The summed E-state index contributed by atoms with van der Waals surface area (Å²) in [4.78, 5) is 2.32. The lowest BCUT2D eigenvalue weighted by molar-refractivity contribution is 0.0630. The topological polar surface area (TPSA) is 49.9 Å². The van der Waals surface area contributed by atoms with Crippen molar-refractivity contribution >= 4 is 15.7 Å². The van der Waals surface area contributed by atoms with E-state index in [1.54, 1.807) is 4.31 Å². The fourth-order valence-corrected chi connectivity index (χ4v) is 6.76. The molecule has 1 unspecified atom stereocenters. The molecule has 3 aliphatic rings. The fraction of sp³-hybridized carbons (Fsp3) is 0.700. The maximum atomic E-state index is 13.5. The van der Waals surface area contributed by atoms with Crippen molar-refractivity contribution < 1.29 is 13.2 Å². The van der Waals surface area contributed by atoms with E-state index in [1.807, 2.05) is 19.1 Å². The minimum absolute atomic E-state index is 0.0504. The van der Waals surface area contributed by atoms with Gasteiger partial charge in [-0.05, 0) is 64.3 Å². The van der Waals surface area contributed by atoms with Crippen LogP contribution in [0.2, 0.25) is 0 Å². The van der Waals surface area contributed by atoms with Gasteiger partial charge in [0.15, 0.2) is 0 Å². The summed E-state index contributed by atoms with van der Waals surface area (Å²) in [6.07, 6.45) is 2.90. The summed E-state index contributed by atoms with van der Waals surface area (Å²) >= 11 is 0. The van der Waals surface area contributed by atoms with Gasteiger partial charge in [0, 0.05) is 19.1 Å². The van der Waals surface area contributed by atoms with Gasteiger partial charge in [-0.2, -0.15) is 0 Å². The van der Waals surface area contributed by atoms with Gasteiger partial charge in [-0.15, -0.1) is 0 Å². The maximum absolute atomic E-state index is 13.5. The van der Waals surface area contributed by atoms with Gasteiger partial charge in [-0.3, -0.25) is 4.31 Å². The molecule has 26 heavy (non-hydrogen) atoms. The van der Waals surface area contributed by atoms with Crippen LogP contribution in [0.25, 0.3) is 0 Å². The zero-order valence-corrected chi connectivity index (χ0v) is 16.8. The van der Waals surface area contributed by atoms with Crippen LogP contribution in [0.3, 0.4) is 0 Å². The first kappa shape index (κ1) is 18.3. The average Bonchev–Trinajstić information content (AvgIpc) is 3.37. The first-order valence-electron chi connectivity index (χ1n) is 9.83. The molecule has 0 bridgehead atoms. The summed E-state index contributed by atoms with van der Waals surface area (Å²) < 4.78 is 34.5. The number of rotatable bonds is 6. The number of benzene rings is 1. The monoisotopic (exact) mass is 378 g/mol. The van der Waals surface area contributed by atoms with Gasteiger partial charge in [0.05, 0.1) is 23.6 Å². The second kappa shape index (κ2) is 6.80. The Bertz CT molecular complexity index is 775. The Morgan fingerprint density at radius 3 is 2.73 bits per heavy atom. The SMILES string of the molecule is CCOC(CS(=O)(=O)N1c2ccc(C)cc2[C@@H]2CN(C)CC[C@H]21)C1CC1. The molecule has 1 saturated carbocycles. The highest BCUT2D eigenvalue weighted by Crippen LogP contribution is 2.47. The van der Waals surface area contributed by atoms with Crippen LogP contribution in [0, 0.1) is 12.8 Å². The van der Waals surface area contributed by atoms with Gasteiger partial charge in [0.25, 0.3) is 0 Å². The molecule has 2 aliphatic heterocycles. The number of nitrogens with zero attached hydrogens (tertiary/aromatic N) is 2. The molecule has 1 saturated heterocycles. The second-order valence-corrected chi connectivity index (χ2v) is 10.1. The molecule has 5 nitrogen and oxygen atoms in total. The normalized spacial score (nSPS) is 27.3. The van der Waals surface area contributed by atoms with Crippen LogP contribution < -0.4 is 4.31 Å². The number of anilines is 1. The molecule has 0 N–H and O–H groups in total. The van der Waals surface area contributed by atoms with Crippen molar-refractivity contribution in [2.45, 2.75) is 51.2 Å². The lowest BCUT2D eigenvalue weighted by atomic mass is 9.89. The average molecular weight is 379 g/mol. The van der Waals surface area contributed by atoms with E-state index < -0.39 is 10.0 Å². The van der Waals surface area contributed by atoms with E-state index in [2.05, 4.69) is 24.9 Å². The predicted molar refractivity (Wildman–Crippen MR) is 104 cm³/mol. The molecular formula is C20H30N2O3S. The summed E-state index contributed by atoms with van der Waals surface area (Å²) in [5, 5.41) is 0. The van der Waals surface area contributed by atoms with Gasteiger partial charge in [0.1, 0.15) is 0 Å². The number of aryl methyl sites for hydroxylation is 1.